The first-order valence-electron chi connectivity index (χ1n) is 9.64. The Hall–Kier alpha value is -2.47. The van der Waals surface area contributed by atoms with E-state index in [1.54, 1.807) is 6.20 Å². The zero-order chi connectivity index (χ0) is 19.0. The highest BCUT2D eigenvalue weighted by Gasteiger charge is 2.36. The molecular formula is C21H27N5O. The summed E-state index contributed by atoms with van der Waals surface area (Å²) >= 11 is 0. The third-order valence-corrected chi connectivity index (χ3v) is 5.64. The van der Waals surface area contributed by atoms with E-state index in [4.69, 9.17) is 9.73 Å². The predicted octanol–water partition coefficient (Wildman–Crippen LogP) is 3.91. The van der Waals surface area contributed by atoms with E-state index in [1.807, 2.05) is 18.3 Å². The molecule has 2 fully saturated rings. The standard InChI is InChI=1S/C21H27N5O/c1-13-11-18(13)15(3)17-5-7-22-21(19-6-8-23-25-19)20(17)24-16(4)26-9-10-27-12-14(26)2/h5-8,13-14,18H,3,9-12H2,1-2,4H3,(H,23,25)/t13-,14+,18-/m0/s1. The molecule has 2 aliphatic rings. The molecule has 1 saturated carbocycles. The van der Waals surface area contributed by atoms with E-state index >= 15 is 0 Å². The average molecular weight is 365 g/mol. The number of allylic oxidation sites excluding steroid dienone is 1. The molecule has 142 valence electrons. The second-order valence-electron chi connectivity index (χ2n) is 7.65. The molecule has 3 atom stereocenters. The normalized spacial score (nSPS) is 25.5. The van der Waals surface area contributed by atoms with E-state index in [2.05, 4.69) is 47.4 Å². The topological polar surface area (TPSA) is 66.4 Å². The molecule has 0 radical (unpaired) electrons. The number of hydrogen-bond donors (Lipinski definition) is 1. The highest BCUT2D eigenvalue weighted by molar-refractivity contribution is 5.90. The highest BCUT2D eigenvalue weighted by Crippen LogP contribution is 2.49. The average Bonchev–Trinajstić information content (AvgIpc) is 3.16. The van der Waals surface area contributed by atoms with Crippen LogP contribution in [-0.2, 0) is 4.74 Å². The summed E-state index contributed by atoms with van der Waals surface area (Å²) in [6.45, 7) is 13.2. The lowest BCUT2D eigenvalue weighted by Crippen LogP contribution is -2.46. The molecule has 0 unspecified atom stereocenters. The molecule has 4 rings (SSSR count). The van der Waals surface area contributed by atoms with Gasteiger partial charge in [-0.15, -0.1) is 0 Å². The van der Waals surface area contributed by atoms with Gasteiger partial charge in [-0.3, -0.25) is 10.1 Å². The minimum Gasteiger partial charge on any atom is -0.377 e. The van der Waals surface area contributed by atoms with E-state index in [0.29, 0.717) is 17.9 Å². The molecule has 1 aliphatic carbocycles. The van der Waals surface area contributed by atoms with E-state index in [1.165, 1.54) is 6.42 Å². The van der Waals surface area contributed by atoms with Gasteiger partial charge in [0.25, 0.3) is 0 Å². The van der Waals surface area contributed by atoms with Crippen molar-refractivity contribution in [2.45, 2.75) is 33.2 Å². The fourth-order valence-corrected chi connectivity index (χ4v) is 3.85. The fraction of sp³-hybridized carbons (Fsp3) is 0.476. The Morgan fingerprint density at radius 2 is 2.15 bits per heavy atom. The molecule has 2 aromatic heterocycles. The molecule has 0 spiro atoms. The third kappa shape index (κ3) is 3.54. The van der Waals surface area contributed by atoms with Crippen molar-refractivity contribution in [1.29, 1.82) is 0 Å². The van der Waals surface area contributed by atoms with Crippen LogP contribution < -0.4 is 0 Å². The van der Waals surface area contributed by atoms with Gasteiger partial charge in [-0.1, -0.05) is 13.5 Å². The molecule has 3 heterocycles. The highest BCUT2D eigenvalue weighted by atomic mass is 16.5. The molecule has 6 heteroatoms. The molecule has 0 bridgehead atoms. The molecule has 6 nitrogen and oxygen atoms in total. The van der Waals surface area contributed by atoms with Crippen molar-refractivity contribution in [2.75, 3.05) is 19.8 Å². The Kier molecular flexibility index (Phi) is 4.83. The summed E-state index contributed by atoms with van der Waals surface area (Å²) in [5.74, 6) is 2.22. The van der Waals surface area contributed by atoms with Crippen LogP contribution in [0.25, 0.3) is 17.0 Å². The van der Waals surface area contributed by atoms with Gasteiger partial charge in [0.05, 0.1) is 24.9 Å². The zero-order valence-corrected chi connectivity index (χ0v) is 16.3. The van der Waals surface area contributed by atoms with Crippen molar-refractivity contribution >= 4 is 17.1 Å². The number of rotatable bonds is 4. The van der Waals surface area contributed by atoms with Crippen LogP contribution in [0, 0.1) is 11.8 Å². The molecule has 1 saturated heterocycles. The fourth-order valence-electron chi connectivity index (χ4n) is 3.85. The van der Waals surface area contributed by atoms with Crippen LogP contribution >= 0.6 is 0 Å². The number of aromatic amines is 1. The first-order chi connectivity index (χ1) is 13.1. The maximum Gasteiger partial charge on any atom is 0.114 e. The molecule has 0 amide bonds. The van der Waals surface area contributed by atoms with Crippen molar-refractivity contribution in [3.8, 4) is 11.4 Å². The molecule has 0 aromatic carbocycles. The molecular weight excluding hydrogens is 338 g/mol. The SMILES string of the molecule is C=C(c1ccnc(-c2ccn[nH]2)c1N=C(C)N1CCOC[C@H]1C)[C@H]1C[C@@H]1C. The Morgan fingerprint density at radius 3 is 2.81 bits per heavy atom. The van der Waals surface area contributed by atoms with Gasteiger partial charge in [0.15, 0.2) is 0 Å². The summed E-state index contributed by atoms with van der Waals surface area (Å²) in [5.41, 5.74) is 4.81. The summed E-state index contributed by atoms with van der Waals surface area (Å²) in [6.07, 6.45) is 4.78. The van der Waals surface area contributed by atoms with Crippen LogP contribution in [-0.4, -0.2) is 51.7 Å². The lowest BCUT2D eigenvalue weighted by Gasteiger charge is -2.34. The van der Waals surface area contributed by atoms with Crippen LogP contribution in [0.1, 0.15) is 32.8 Å². The number of hydrogen-bond acceptors (Lipinski definition) is 4. The Labute approximate surface area is 160 Å². The predicted molar refractivity (Wildman–Crippen MR) is 108 cm³/mol. The number of ether oxygens (including phenoxy) is 1. The number of nitrogens with one attached hydrogen (secondary N) is 1. The summed E-state index contributed by atoms with van der Waals surface area (Å²) in [4.78, 5) is 12.0. The van der Waals surface area contributed by atoms with E-state index < -0.39 is 0 Å². The second-order valence-corrected chi connectivity index (χ2v) is 7.65. The van der Waals surface area contributed by atoms with Gasteiger partial charge < -0.3 is 9.64 Å². The summed E-state index contributed by atoms with van der Waals surface area (Å²) < 4.78 is 5.57. The number of aliphatic imine (C=N–C) groups is 1. The van der Waals surface area contributed by atoms with E-state index in [9.17, 15) is 0 Å². The van der Waals surface area contributed by atoms with Crippen LogP contribution in [0.3, 0.4) is 0 Å². The molecule has 1 N–H and O–H groups in total. The van der Waals surface area contributed by atoms with Gasteiger partial charge in [-0.05, 0) is 49.8 Å². The van der Waals surface area contributed by atoms with Crippen molar-refractivity contribution in [2.24, 2.45) is 16.8 Å². The van der Waals surface area contributed by atoms with E-state index in [0.717, 1.165) is 53.8 Å². The van der Waals surface area contributed by atoms with Gasteiger partial charge in [-0.2, -0.15) is 5.10 Å². The van der Waals surface area contributed by atoms with Crippen molar-refractivity contribution in [3.05, 3.63) is 36.7 Å². The van der Waals surface area contributed by atoms with Crippen molar-refractivity contribution in [3.63, 3.8) is 0 Å². The van der Waals surface area contributed by atoms with Crippen LogP contribution in [0.4, 0.5) is 5.69 Å². The van der Waals surface area contributed by atoms with Gasteiger partial charge in [-0.25, -0.2) is 4.99 Å². The lowest BCUT2D eigenvalue weighted by molar-refractivity contribution is 0.0330. The maximum atomic E-state index is 5.57. The molecule has 1 aliphatic heterocycles. The minimum absolute atomic E-state index is 0.310. The smallest absolute Gasteiger partial charge is 0.114 e. The number of nitrogens with zero attached hydrogens (tertiary/aromatic N) is 4. The number of amidine groups is 1. The quantitative estimate of drug-likeness (QED) is 0.659. The largest absolute Gasteiger partial charge is 0.377 e. The number of pyridine rings is 1. The van der Waals surface area contributed by atoms with Crippen LogP contribution in [0.5, 0.6) is 0 Å². The van der Waals surface area contributed by atoms with Crippen molar-refractivity contribution in [1.82, 2.24) is 20.1 Å². The summed E-state index contributed by atoms with van der Waals surface area (Å²) in [7, 11) is 0. The van der Waals surface area contributed by atoms with Crippen LogP contribution in [0.15, 0.2) is 36.1 Å². The summed E-state index contributed by atoms with van der Waals surface area (Å²) in [6, 6.07) is 4.28. The second kappa shape index (κ2) is 7.27. The first-order valence-corrected chi connectivity index (χ1v) is 9.64. The first kappa shape index (κ1) is 17.9. The number of morpholine rings is 1. The zero-order valence-electron chi connectivity index (χ0n) is 16.3. The van der Waals surface area contributed by atoms with Crippen LogP contribution in [0.2, 0.25) is 0 Å². The summed E-state index contributed by atoms with van der Waals surface area (Å²) in [5, 5.41) is 7.12. The molecule has 27 heavy (non-hydrogen) atoms. The minimum atomic E-state index is 0.310. The molecule has 2 aromatic rings. The number of aromatic nitrogens is 3. The Morgan fingerprint density at radius 1 is 1.33 bits per heavy atom. The maximum absolute atomic E-state index is 5.57. The monoisotopic (exact) mass is 365 g/mol. The third-order valence-electron chi connectivity index (χ3n) is 5.64. The lowest BCUT2D eigenvalue weighted by atomic mass is 9.99. The van der Waals surface area contributed by atoms with Gasteiger partial charge in [0, 0.05) is 24.5 Å². The Bertz CT molecular complexity index is 857. The number of H-pyrrole nitrogens is 1. The van der Waals surface area contributed by atoms with E-state index in [-0.39, 0.29) is 0 Å². The van der Waals surface area contributed by atoms with Gasteiger partial charge >= 0.3 is 0 Å². The van der Waals surface area contributed by atoms with Gasteiger partial charge in [0.1, 0.15) is 17.2 Å². The Balaban J connectivity index is 1.78. The van der Waals surface area contributed by atoms with Crippen molar-refractivity contribution < 1.29 is 4.74 Å². The van der Waals surface area contributed by atoms with Gasteiger partial charge in [0.2, 0.25) is 0 Å².